The fourth-order valence-electron chi connectivity index (χ4n) is 2.58. The summed E-state index contributed by atoms with van der Waals surface area (Å²) in [6, 6.07) is 29.4. The van der Waals surface area contributed by atoms with Gasteiger partial charge < -0.3 is 0 Å². The Kier molecular flexibility index (Phi) is 4.45. The van der Waals surface area contributed by atoms with E-state index in [0.717, 1.165) is 23.4 Å². The second kappa shape index (κ2) is 6.86. The first kappa shape index (κ1) is 14.3. The van der Waals surface area contributed by atoms with Gasteiger partial charge in [-0.25, -0.2) is 0 Å². The molecule has 0 radical (unpaired) electrons. The molecule has 0 fully saturated rings. The lowest BCUT2D eigenvalue weighted by molar-refractivity contribution is 1.13. The van der Waals surface area contributed by atoms with E-state index in [2.05, 4.69) is 79.7 Å². The Morgan fingerprint density at radius 2 is 1.27 bits per heavy atom. The molecule has 3 aromatic carbocycles. The smallest absolute Gasteiger partial charge is 0.0718 e. The highest BCUT2D eigenvalue weighted by molar-refractivity contribution is 6.13. The van der Waals surface area contributed by atoms with E-state index in [-0.39, 0.29) is 0 Å². The number of aliphatic imine (C=N–C) groups is 1. The summed E-state index contributed by atoms with van der Waals surface area (Å²) in [5, 5.41) is 0. The van der Waals surface area contributed by atoms with Crippen LogP contribution in [0.2, 0.25) is 0 Å². The number of hydrogen-bond donors (Lipinski definition) is 0. The number of benzene rings is 3. The van der Waals surface area contributed by atoms with E-state index in [9.17, 15) is 0 Å². The molecule has 22 heavy (non-hydrogen) atoms. The molecule has 0 heterocycles. The van der Waals surface area contributed by atoms with Crippen LogP contribution >= 0.6 is 0 Å². The topological polar surface area (TPSA) is 12.4 Å². The second-order valence-corrected chi connectivity index (χ2v) is 5.14. The summed E-state index contributed by atoms with van der Waals surface area (Å²) in [7, 11) is 0. The third kappa shape index (κ3) is 3.15. The summed E-state index contributed by atoms with van der Waals surface area (Å²) in [5.74, 6) is 0. The molecule has 0 aliphatic carbocycles. The Morgan fingerprint density at radius 3 is 1.95 bits per heavy atom. The highest BCUT2D eigenvalue weighted by Gasteiger charge is 2.07. The molecule has 3 aromatic rings. The van der Waals surface area contributed by atoms with Crippen LogP contribution in [-0.2, 0) is 0 Å². The molecule has 1 nitrogen and oxygen atoms in total. The highest BCUT2D eigenvalue weighted by atomic mass is 14.7. The van der Waals surface area contributed by atoms with Crippen molar-refractivity contribution in [3.05, 3.63) is 96.1 Å². The molecule has 0 atom stereocenters. The molecule has 0 unspecified atom stereocenters. The Bertz CT molecular complexity index is 758. The molecule has 3 rings (SSSR count). The van der Waals surface area contributed by atoms with Gasteiger partial charge in [-0.2, -0.15) is 0 Å². The minimum absolute atomic E-state index is 0.778. The van der Waals surface area contributed by atoms with Gasteiger partial charge in [-0.3, -0.25) is 4.99 Å². The summed E-state index contributed by atoms with van der Waals surface area (Å²) in [4.78, 5) is 4.72. The Balaban J connectivity index is 2.05. The zero-order valence-electron chi connectivity index (χ0n) is 12.7. The van der Waals surface area contributed by atoms with Crippen molar-refractivity contribution in [1.29, 1.82) is 0 Å². The van der Waals surface area contributed by atoms with Gasteiger partial charge in [-0.1, -0.05) is 78.9 Å². The molecule has 0 bridgehead atoms. The van der Waals surface area contributed by atoms with Crippen LogP contribution < -0.4 is 0 Å². The summed E-state index contributed by atoms with van der Waals surface area (Å²) in [6.45, 7) is 2.85. The first-order chi connectivity index (χ1) is 10.9. The van der Waals surface area contributed by atoms with Gasteiger partial charge >= 0.3 is 0 Å². The molecule has 0 saturated carbocycles. The van der Waals surface area contributed by atoms with Gasteiger partial charge in [0.1, 0.15) is 0 Å². The van der Waals surface area contributed by atoms with Crippen molar-refractivity contribution in [3.8, 4) is 11.1 Å². The molecule has 0 aliphatic rings. The molecular formula is C21H19N. The van der Waals surface area contributed by atoms with Crippen molar-refractivity contribution in [2.24, 2.45) is 4.99 Å². The van der Waals surface area contributed by atoms with E-state index < -0.39 is 0 Å². The first-order valence-electron chi connectivity index (χ1n) is 7.64. The molecule has 108 valence electrons. The highest BCUT2D eigenvalue weighted by Crippen LogP contribution is 2.22. The van der Waals surface area contributed by atoms with Crippen LogP contribution in [-0.4, -0.2) is 12.3 Å². The summed E-state index contributed by atoms with van der Waals surface area (Å²) in [5.41, 5.74) is 5.83. The average Bonchev–Trinajstić information content (AvgIpc) is 2.61. The van der Waals surface area contributed by atoms with Gasteiger partial charge in [-0.15, -0.1) is 0 Å². The summed E-state index contributed by atoms with van der Waals surface area (Å²) in [6.07, 6.45) is 0. The maximum atomic E-state index is 4.72. The molecule has 0 aromatic heterocycles. The van der Waals surface area contributed by atoms with E-state index in [4.69, 9.17) is 4.99 Å². The zero-order valence-corrected chi connectivity index (χ0v) is 12.7. The predicted octanol–water partition coefficient (Wildman–Crippen LogP) is 5.21. The number of nitrogens with zero attached hydrogens (tertiary/aromatic N) is 1. The normalized spacial score (nSPS) is 11.4. The van der Waals surface area contributed by atoms with Gasteiger partial charge in [0.2, 0.25) is 0 Å². The largest absolute Gasteiger partial charge is 0.284 e. The minimum Gasteiger partial charge on any atom is -0.284 e. The van der Waals surface area contributed by atoms with Crippen molar-refractivity contribution in [3.63, 3.8) is 0 Å². The van der Waals surface area contributed by atoms with Crippen LogP contribution in [0.25, 0.3) is 11.1 Å². The van der Waals surface area contributed by atoms with E-state index in [1.54, 1.807) is 0 Å². The molecule has 0 aliphatic heterocycles. The fourth-order valence-corrected chi connectivity index (χ4v) is 2.58. The third-order valence-corrected chi connectivity index (χ3v) is 3.61. The van der Waals surface area contributed by atoms with Crippen molar-refractivity contribution in [1.82, 2.24) is 0 Å². The van der Waals surface area contributed by atoms with Crippen LogP contribution in [0.15, 0.2) is 89.9 Å². The molecule has 0 N–H and O–H groups in total. The van der Waals surface area contributed by atoms with Gasteiger partial charge in [-0.05, 0) is 24.1 Å². The standard InChI is InChI=1S/C21H19N/c1-2-22-21(18-12-7-4-8-13-18)20-15-9-14-19(16-20)17-10-5-3-6-11-17/h3-16H,2H2,1H3. The summed E-state index contributed by atoms with van der Waals surface area (Å²) >= 11 is 0. The average molecular weight is 285 g/mol. The van der Waals surface area contributed by atoms with Crippen molar-refractivity contribution in [2.75, 3.05) is 6.54 Å². The van der Waals surface area contributed by atoms with Crippen LogP contribution in [0.3, 0.4) is 0 Å². The maximum absolute atomic E-state index is 4.72. The third-order valence-electron chi connectivity index (χ3n) is 3.61. The minimum atomic E-state index is 0.778. The van der Waals surface area contributed by atoms with Crippen LogP contribution in [0, 0.1) is 0 Å². The van der Waals surface area contributed by atoms with E-state index in [0.29, 0.717) is 0 Å². The number of rotatable bonds is 4. The molecule has 1 heteroatoms. The van der Waals surface area contributed by atoms with E-state index in [1.165, 1.54) is 11.1 Å². The van der Waals surface area contributed by atoms with E-state index in [1.807, 2.05) is 12.1 Å². The van der Waals surface area contributed by atoms with E-state index >= 15 is 0 Å². The molecular weight excluding hydrogens is 266 g/mol. The quantitative estimate of drug-likeness (QED) is 0.583. The van der Waals surface area contributed by atoms with Crippen molar-refractivity contribution < 1.29 is 0 Å². The lowest BCUT2D eigenvalue weighted by Crippen LogP contribution is -2.04. The van der Waals surface area contributed by atoms with Gasteiger partial charge in [0.15, 0.2) is 0 Å². The SMILES string of the molecule is CCN=C(c1ccccc1)c1cccc(-c2ccccc2)c1. The maximum Gasteiger partial charge on any atom is 0.0718 e. The lowest BCUT2D eigenvalue weighted by Gasteiger charge is -2.09. The van der Waals surface area contributed by atoms with Crippen LogP contribution in [0.5, 0.6) is 0 Å². The monoisotopic (exact) mass is 285 g/mol. The predicted molar refractivity (Wildman–Crippen MR) is 94.5 cm³/mol. The van der Waals surface area contributed by atoms with Crippen molar-refractivity contribution >= 4 is 5.71 Å². The first-order valence-corrected chi connectivity index (χ1v) is 7.64. The summed E-state index contributed by atoms with van der Waals surface area (Å²) < 4.78 is 0. The lowest BCUT2D eigenvalue weighted by atomic mass is 9.97. The second-order valence-electron chi connectivity index (χ2n) is 5.14. The zero-order chi connectivity index (χ0) is 15.2. The van der Waals surface area contributed by atoms with Crippen molar-refractivity contribution in [2.45, 2.75) is 6.92 Å². The fraction of sp³-hybridized carbons (Fsp3) is 0.0952. The molecule has 0 saturated heterocycles. The Labute approximate surface area is 132 Å². The van der Waals surface area contributed by atoms with Gasteiger partial charge in [0, 0.05) is 17.7 Å². The molecule has 0 amide bonds. The van der Waals surface area contributed by atoms with Crippen LogP contribution in [0.4, 0.5) is 0 Å². The Morgan fingerprint density at radius 1 is 0.682 bits per heavy atom. The number of hydrogen-bond acceptors (Lipinski definition) is 1. The van der Waals surface area contributed by atoms with Gasteiger partial charge in [0.05, 0.1) is 5.71 Å². The molecule has 0 spiro atoms. The van der Waals surface area contributed by atoms with Crippen LogP contribution in [0.1, 0.15) is 18.1 Å². The van der Waals surface area contributed by atoms with Gasteiger partial charge in [0.25, 0.3) is 0 Å². The Hall–Kier alpha value is -2.67.